The molecule has 1 aliphatic heterocycles. The molecule has 0 fully saturated rings. The highest BCUT2D eigenvalue weighted by atomic mass is 16.1. The van der Waals surface area contributed by atoms with Crippen LogP contribution in [0, 0.1) is 0 Å². The van der Waals surface area contributed by atoms with E-state index in [9.17, 15) is 4.79 Å². The molecule has 5 nitrogen and oxygen atoms in total. The quantitative estimate of drug-likeness (QED) is 0.188. The largest absolute Gasteiger partial charge is 0.309 e. The van der Waals surface area contributed by atoms with Gasteiger partial charge >= 0.3 is 0 Å². The topological polar surface area (TPSA) is 42.5 Å². The Bertz CT molecular complexity index is 3010. The predicted molar refractivity (Wildman–Crippen MR) is 206 cm³/mol. The van der Waals surface area contributed by atoms with E-state index in [2.05, 4.69) is 139 Å². The van der Waals surface area contributed by atoms with Crippen LogP contribution < -0.4 is 10.5 Å². The molecule has 3 aromatic heterocycles. The first-order valence-corrected chi connectivity index (χ1v) is 17.1. The molecular weight excluding hydrogens is 613 g/mol. The molecule has 0 saturated carbocycles. The number of hydrogen-bond donors (Lipinski definition) is 0. The zero-order chi connectivity index (χ0) is 33.3. The molecule has 236 valence electrons. The molecule has 7 aromatic carbocycles. The Morgan fingerprint density at radius 3 is 1.70 bits per heavy atom. The summed E-state index contributed by atoms with van der Waals surface area (Å²) in [5, 5.41) is 5.96. The lowest BCUT2D eigenvalue weighted by atomic mass is 9.73. The Morgan fingerprint density at radius 1 is 0.480 bits per heavy atom. The minimum Gasteiger partial charge on any atom is -0.309 e. The third-order valence-corrected chi connectivity index (χ3v) is 11.1. The van der Waals surface area contributed by atoms with Gasteiger partial charge in [0.25, 0.3) is 5.56 Å². The summed E-state index contributed by atoms with van der Waals surface area (Å²) in [6.07, 6.45) is 0. The smallest absolute Gasteiger partial charge is 0.264 e. The number of aromatic nitrogens is 3. The minimum atomic E-state index is -0.202. The van der Waals surface area contributed by atoms with Gasteiger partial charge in [-0.2, -0.15) is 0 Å². The van der Waals surface area contributed by atoms with Gasteiger partial charge in [-0.3, -0.25) is 9.20 Å². The number of nitrogens with zero attached hydrogens (tertiary/aromatic N) is 4. The molecule has 1 aliphatic rings. The van der Waals surface area contributed by atoms with Crippen molar-refractivity contribution >= 4 is 77.1 Å². The van der Waals surface area contributed by atoms with Gasteiger partial charge in [0.1, 0.15) is 5.65 Å². The molecule has 0 bridgehead atoms. The average Bonchev–Trinajstić information content (AvgIpc) is 3.71. The van der Waals surface area contributed by atoms with E-state index in [1.807, 2.05) is 30.3 Å². The van der Waals surface area contributed by atoms with Gasteiger partial charge in [-0.25, -0.2) is 4.98 Å². The zero-order valence-electron chi connectivity index (χ0n) is 27.6. The van der Waals surface area contributed by atoms with E-state index >= 15 is 0 Å². The maximum Gasteiger partial charge on any atom is 0.264 e. The van der Waals surface area contributed by atoms with Gasteiger partial charge in [0.15, 0.2) is 0 Å². The summed E-state index contributed by atoms with van der Waals surface area (Å²) in [5.41, 5.74) is 11.1. The van der Waals surface area contributed by atoms with Gasteiger partial charge in [0, 0.05) is 37.7 Å². The molecular formula is C45H30N4O. The number of para-hydroxylation sites is 6. The molecule has 0 aliphatic carbocycles. The summed E-state index contributed by atoms with van der Waals surface area (Å²) >= 11 is 0. The molecule has 0 saturated heterocycles. The first-order valence-electron chi connectivity index (χ1n) is 17.1. The Hall–Kier alpha value is -6.46. The van der Waals surface area contributed by atoms with Gasteiger partial charge in [-0.05, 0) is 71.8 Å². The SMILES string of the molecule is CC1(C)c2ccccc2N(c2ccc3c(=O)n4c5ccccc5nc4c4ccc(-n5c6ccccc6c6ccccc65)c2c34)c2ccccc21. The molecule has 4 heterocycles. The third kappa shape index (κ3) is 3.36. The minimum absolute atomic E-state index is 0.0577. The Balaban J connectivity index is 1.37. The Labute approximate surface area is 287 Å². The molecule has 10 aromatic rings. The molecule has 0 radical (unpaired) electrons. The highest BCUT2D eigenvalue weighted by Gasteiger charge is 2.37. The van der Waals surface area contributed by atoms with Gasteiger partial charge in [0.05, 0.1) is 44.8 Å². The van der Waals surface area contributed by atoms with Crippen LogP contribution in [0.4, 0.5) is 17.1 Å². The fraction of sp³-hybridized carbons (Fsp3) is 0.0667. The average molecular weight is 643 g/mol. The fourth-order valence-corrected chi connectivity index (χ4v) is 8.84. The van der Waals surface area contributed by atoms with Crippen molar-refractivity contribution in [3.8, 4) is 5.69 Å². The van der Waals surface area contributed by atoms with Crippen molar-refractivity contribution < 1.29 is 0 Å². The molecule has 0 atom stereocenters. The number of benzene rings is 7. The molecule has 0 spiro atoms. The molecule has 0 N–H and O–H groups in total. The molecule has 0 unspecified atom stereocenters. The number of fused-ring (bicyclic) bond motifs is 9. The second kappa shape index (κ2) is 9.58. The van der Waals surface area contributed by atoms with Crippen molar-refractivity contribution in [3.63, 3.8) is 0 Å². The number of anilines is 3. The van der Waals surface area contributed by atoms with Crippen LogP contribution in [-0.2, 0) is 5.41 Å². The monoisotopic (exact) mass is 642 g/mol. The van der Waals surface area contributed by atoms with Crippen molar-refractivity contribution in [1.29, 1.82) is 0 Å². The second-order valence-corrected chi connectivity index (χ2v) is 13.9. The van der Waals surface area contributed by atoms with Crippen LogP contribution in [0.15, 0.2) is 150 Å². The van der Waals surface area contributed by atoms with Crippen molar-refractivity contribution in [3.05, 3.63) is 167 Å². The lowest BCUT2D eigenvalue weighted by Crippen LogP contribution is -2.30. The lowest BCUT2D eigenvalue weighted by molar-refractivity contribution is 0.632. The third-order valence-electron chi connectivity index (χ3n) is 11.1. The van der Waals surface area contributed by atoms with Crippen molar-refractivity contribution in [2.45, 2.75) is 19.3 Å². The van der Waals surface area contributed by atoms with Gasteiger partial charge in [-0.1, -0.05) is 98.8 Å². The highest BCUT2D eigenvalue weighted by Crippen LogP contribution is 2.54. The summed E-state index contributed by atoms with van der Waals surface area (Å²) in [6, 6.07) is 51.2. The number of hydrogen-bond acceptors (Lipinski definition) is 3. The zero-order valence-corrected chi connectivity index (χ0v) is 27.6. The molecule has 50 heavy (non-hydrogen) atoms. The van der Waals surface area contributed by atoms with Crippen LogP contribution in [0.2, 0.25) is 0 Å². The van der Waals surface area contributed by atoms with Gasteiger partial charge in [0.2, 0.25) is 0 Å². The van der Waals surface area contributed by atoms with E-state index in [1.165, 1.54) is 21.9 Å². The first kappa shape index (κ1) is 27.5. The van der Waals surface area contributed by atoms with Crippen LogP contribution in [0.1, 0.15) is 25.0 Å². The predicted octanol–water partition coefficient (Wildman–Crippen LogP) is 10.8. The van der Waals surface area contributed by atoms with E-state index in [0.29, 0.717) is 11.0 Å². The molecule has 0 amide bonds. The van der Waals surface area contributed by atoms with Crippen molar-refractivity contribution in [2.75, 3.05) is 4.90 Å². The van der Waals surface area contributed by atoms with E-state index < -0.39 is 0 Å². The first-order chi connectivity index (χ1) is 24.5. The molecule has 11 rings (SSSR count). The van der Waals surface area contributed by atoms with E-state index in [1.54, 1.807) is 4.40 Å². The standard InChI is InChI=1S/C45H30N4O/c1-45(2)31-15-5-10-20-36(31)48(37-21-11-6-16-32(37)45)40-26-24-30-41-29(43-46-33-17-7-12-22-38(33)49(43)44(30)50)23-25-39(42(40)41)47-34-18-8-3-13-27(34)28-14-4-9-19-35(28)47/h3-26H,1-2H3. The van der Waals surface area contributed by atoms with E-state index in [4.69, 9.17) is 4.98 Å². The number of rotatable bonds is 2. The van der Waals surface area contributed by atoms with Gasteiger partial charge in [-0.15, -0.1) is 0 Å². The van der Waals surface area contributed by atoms with Crippen LogP contribution in [0.5, 0.6) is 0 Å². The maximum absolute atomic E-state index is 14.7. The lowest BCUT2D eigenvalue weighted by Gasteiger charge is -2.42. The number of pyridine rings is 1. The Morgan fingerprint density at radius 2 is 1.02 bits per heavy atom. The summed E-state index contributed by atoms with van der Waals surface area (Å²) in [6.45, 7) is 4.62. The highest BCUT2D eigenvalue weighted by molar-refractivity contribution is 6.23. The van der Waals surface area contributed by atoms with Crippen LogP contribution in [-0.4, -0.2) is 14.0 Å². The summed E-state index contributed by atoms with van der Waals surface area (Å²) in [5.74, 6) is 0. The molecule has 5 heteroatoms. The maximum atomic E-state index is 14.7. The van der Waals surface area contributed by atoms with Crippen LogP contribution in [0.3, 0.4) is 0 Å². The normalized spacial score (nSPS) is 14.0. The summed E-state index contributed by atoms with van der Waals surface area (Å²) < 4.78 is 4.17. The van der Waals surface area contributed by atoms with Crippen LogP contribution in [0.25, 0.3) is 65.7 Å². The number of imidazole rings is 1. The van der Waals surface area contributed by atoms with Crippen LogP contribution >= 0.6 is 0 Å². The van der Waals surface area contributed by atoms with Crippen molar-refractivity contribution in [1.82, 2.24) is 14.0 Å². The Kier molecular flexibility index (Phi) is 5.27. The summed E-state index contributed by atoms with van der Waals surface area (Å²) in [7, 11) is 0. The summed E-state index contributed by atoms with van der Waals surface area (Å²) in [4.78, 5) is 22.2. The van der Waals surface area contributed by atoms with Gasteiger partial charge < -0.3 is 9.47 Å². The fourth-order valence-electron chi connectivity index (χ4n) is 8.84. The van der Waals surface area contributed by atoms with E-state index in [0.717, 1.165) is 61.0 Å². The van der Waals surface area contributed by atoms with Crippen molar-refractivity contribution in [2.24, 2.45) is 0 Å². The van der Waals surface area contributed by atoms with E-state index in [-0.39, 0.29) is 11.0 Å². The second-order valence-electron chi connectivity index (χ2n) is 13.9.